The van der Waals surface area contributed by atoms with Crippen molar-refractivity contribution in [3.8, 4) is 0 Å². The predicted molar refractivity (Wildman–Crippen MR) is 106 cm³/mol. The van der Waals surface area contributed by atoms with Crippen molar-refractivity contribution in [2.45, 2.75) is 25.9 Å². The van der Waals surface area contributed by atoms with Crippen LogP contribution >= 0.6 is 24.0 Å². The lowest BCUT2D eigenvalue weighted by Crippen LogP contribution is -2.48. The minimum Gasteiger partial charge on any atom is -0.382 e. The highest BCUT2D eigenvalue weighted by Gasteiger charge is 2.24. The molecule has 1 aromatic heterocycles. The van der Waals surface area contributed by atoms with Crippen molar-refractivity contribution in [1.29, 1.82) is 0 Å². The van der Waals surface area contributed by atoms with Crippen LogP contribution in [0.1, 0.15) is 31.4 Å². The van der Waals surface area contributed by atoms with Gasteiger partial charge in [0.2, 0.25) is 0 Å². The number of guanidine groups is 1. The lowest BCUT2D eigenvalue weighted by Gasteiger charge is -2.34. The number of aromatic nitrogens is 2. The number of ether oxygens (including phenoxy) is 2. The van der Waals surface area contributed by atoms with E-state index in [0.29, 0.717) is 6.61 Å². The molecule has 0 spiro atoms. The van der Waals surface area contributed by atoms with Crippen LogP contribution in [-0.4, -0.2) is 67.1 Å². The highest BCUT2D eigenvalue weighted by Crippen LogP contribution is 2.21. The number of hydrogen-bond donors (Lipinski definition) is 1. The van der Waals surface area contributed by atoms with Gasteiger partial charge >= 0.3 is 0 Å². The Bertz CT molecular complexity index is 495. The minimum absolute atomic E-state index is 0. The number of aryl methyl sites for hydroxylation is 1. The number of nitrogens with one attached hydrogen (secondary N) is 1. The smallest absolute Gasteiger partial charge is 0.193 e. The Balaban J connectivity index is 0.00000288. The van der Waals surface area contributed by atoms with E-state index in [1.54, 1.807) is 0 Å². The van der Waals surface area contributed by atoms with E-state index in [2.05, 4.69) is 20.3 Å². The van der Waals surface area contributed by atoms with Gasteiger partial charge in [0.05, 0.1) is 19.3 Å². The van der Waals surface area contributed by atoms with Gasteiger partial charge in [-0.15, -0.1) is 24.0 Å². The third-order valence-corrected chi connectivity index (χ3v) is 3.88. The highest BCUT2D eigenvalue weighted by molar-refractivity contribution is 14.0. The van der Waals surface area contributed by atoms with Crippen molar-refractivity contribution in [2.24, 2.45) is 12.0 Å². The Morgan fingerprint density at radius 1 is 1.50 bits per heavy atom. The Morgan fingerprint density at radius 3 is 3.00 bits per heavy atom. The first-order valence-electron chi connectivity index (χ1n) is 8.38. The molecule has 1 atom stereocenters. The topological polar surface area (TPSA) is 63.9 Å². The lowest BCUT2D eigenvalue weighted by molar-refractivity contribution is -0.00802. The monoisotopic (exact) mass is 451 g/mol. The average molecular weight is 451 g/mol. The summed E-state index contributed by atoms with van der Waals surface area (Å²) in [5.41, 5.74) is 1.12. The van der Waals surface area contributed by atoms with Crippen LogP contribution in [0.4, 0.5) is 0 Å². The first kappa shape index (κ1) is 21.2. The molecule has 0 aromatic carbocycles. The van der Waals surface area contributed by atoms with Gasteiger partial charge in [0, 0.05) is 52.2 Å². The second-order valence-electron chi connectivity index (χ2n) is 5.63. The largest absolute Gasteiger partial charge is 0.382 e. The van der Waals surface area contributed by atoms with E-state index in [4.69, 9.17) is 9.47 Å². The van der Waals surface area contributed by atoms with Crippen LogP contribution in [0.5, 0.6) is 0 Å². The Labute approximate surface area is 161 Å². The zero-order valence-corrected chi connectivity index (χ0v) is 17.2. The van der Waals surface area contributed by atoms with Gasteiger partial charge in [-0.2, -0.15) is 5.10 Å². The maximum atomic E-state index is 5.88. The van der Waals surface area contributed by atoms with Gasteiger partial charge in [-0.25, -0.2) is 0 Å². The molecule has 7 nitrogen and oxygen atoms in total. The normalized spacial score (nSPS) is 18.4. The predicted octanol–water partition coefficient (Wildman–Crippen LogP) is 1.80. The third-order valence-electron chi connectivity index (χ3n) is 3.88. The SMILES string of the molecule is CCOCCCCNC(=NC)N1CCOC(c2cnn(C)c2)C1.I. The standard InChI is InChI=1S/C16H29N5O2.HI/c1-4-22-9-6-5-7-18-16(17-2)21-8-10-23-15(13-21)14-11-19-20(3)12-14;/h11-12,15H,4-10,13H2,1-3H3,(H,17,18);1H. The molecule has 1 unspecified atom stereocenters. The summed E-state index contributed by atoms with van der Waals surface area (Å²) in [7, 11) is 3.75. The summed E-state index contributed by atoms with van der Waals surface area (Å²) in [5.74, 6) is 0.943. The first-order valence-corrected chi connectivity index (χ1v) is 8.38. The van der Waals surface area contributed by atoms with Crippen molar-refractivity contribution in [2.75, 3.05) is 46.5 Å². The van der Waals surface area contributed by atoms with E-state index in [-0.39, 0.29) is 30.1 Å². The van der Waals surface area contributed by atoms with Gasteiger partial charge in [0.1, 0.15) is 6.10 Å². The van der Waals surface area contributed by atoms with Crippen molar-refractivity contribution in [3.05, 3.63) is 18.0 Å². The van der Waals surface area contributed by atoms with E-state index < -0.39 is 0 Å². The molecule has 0 aliphatic carbocycles. The minimum atomic E-state index is 0. The molecule has 2 rings (SSSR count). The molecule has 0 saturated carbocycles. The summed E-state index contributed by atoms with van der Waals surface area (Å²) in [6, 6.07) is 0. The van der Waals surface area contributed by atoms with Crippen LogP contribution in [0.3, 0.4) is 0 Å². The summed E-state index contributed by atoms with van der Waals surface area (Å²) < 4.78 is 13.0. The van der Waals surface area contributed by atoms with E-state index in [1.807, 2.05) is 38.1 Å². The molecular weight excluding hydrogens is 421 g/mol. The second kappa shape index (κ2) is 11.6. The van der Waals surface area contributed by atoms with Gasteiger partial charge in [-0.3, -0.25) is 9.67 Å². The number of rotatable bonds is 7. The molecule has 1 aliphatic rings. The molecule has 24 heavy (non-hydrogen) atoms. The number of nitrogens with zero attached hydrogens (tertiary/aromatic N) is 4. The van der Waals surface area contributed by atoms with E-state index in [9.17, 15) is 0 Å². The van der Waals surface area contributed by atoms with Gasteiger partial charge in [0.15, 0.2) is 5.96 Å². The lowest BCUT2D eigenvalue weighted by atomic mass is 10.1. The van der Waals surface area contributed by atoms with Gasteiger partial charge in [-0.1, -0.05) is 0 Å². The molecule has 1 saturated heterocycles. The van der Waals surface area contributed by atoms with Crippen LogP contribution in [0.2, 0.25) is 0 Å². The fourth-order valence-corrected chi connectivity index (χ4v) is 2.66. The van der Waals surface area contributed by atoms with Gasteiger partial charge in [0.25, 0.3) is 0 Å². The van der Waals surface area contributed by atoms with Gasteiger partial charge < -0.3 is 19.7 Å². The zero-order valence-electron chi connectivity index (χ0n) is 14.9. The number of hydrogen-bond acceptors (Lipinski definition) is 4. The molecule has 1 aliphatic heterocycles. The van der Waals surface area contributed by atoms with Crippen LogP contribution < -0.4 is 5.32 Å². The summed E-state index contributed by atoms with van der Waals surface area (Å²) >= 11 is 0. The van der Waals surface area contributed by atoms with Gasteiger partial charge in [-0.05, 0) is 19.8 Å². The number of halogens is 1. The first-order chi connectivity index (χ1) is 11.2. The van der Waals surface area contributed by atoms with Crippen LogP contribution in [-0.2, 0) is 16.5 Å². The number of unbranched alkanes of at least 4 members (excludes halogenated alkanes) is 1. The molecule has 1 aromatic rings. The summed E-state index contributed by atoms with van der Waals surface area (Å²) in [4.78, 5) is 6.66. The van der Waals surface area contributed by atoms with E-state index in [0.717, 1.165) is 57.2 Å². The molecule has 0 bridgehead atoms. The summed E-state index contributed by atoms with van der Waals surface area (Å²) in [6.45, 7) is 6.91. The van der Waals surface area contributed by atoms with Crippen LogP contribution in [0, 0.1) is 0 Å². The molecule has 138 valence electrons. The number of morpholine rings is 1. The molecule has 1 fully saturated rings. The molecule has 0 amide bonds. The second-order valence-corrected chi connectivity index (χ2v) is 5.63. The van der Waals surface area contributed by atoms with Crippen molar-refractivity contribution in [1.82, 2.24) is 20.0 Å². The number of aliphatic imine (C=N–C) groups is 1. The average Bonchev–Trinajstić information content (AvgIpc) is 3.01. The third kappa shape index (κ3) is 6.56. The molecule has 8 heteroatoms. The molecule has 2 heterocycles. The van der Waals surface area contributed by atoms with Crippen molar-refractivity contribution in [3.63, 3.8) is 0 Å². The van der Waals surface area contributed by atoms with E-state index >= 15 is 0 Å². The zero-order chi connectivity index (χ0) is 16.5. The molecule has 0 radical (unpaired) electrons. The molecule has 1 N–H and O–H groups in total. The summed E-state index contributed by atoms with van der Waals surface area (Å²) in [5, 5.41) is 7.66. The van der Waals surface area contributed by atoms with Crippen LogP contribution in [0.25, 0.3) is 0 Å². The molecular formula is C16H30IN5O2. The summed E-state index contributed by atoms with van der Waals surface area (Å²) in [6.07, 6.45) is 6.08. The van der Waals surface area contributed by atoms with Crippen LogP contribution in [0.15, 0.2) is 17.4 Å². The maximum Gasteiger partial charge on any atom is 0.193 e. The Kier molecular flexibility index (Phi) is 10.3. The maximum absolute atomic E-state index is 5.88. The van der Waals surface area contributed by atoms with Crippen molar-refractivity contribution < 1.29 is 9.47 Å². The van der Waals surface area contributed by atoms with E-state index in [1.165, 1.54) is 0 Å². The fraction of sp³-hybridized carbons (Fsp3) is 0.750. The fourth-order valence-electron chi connectivity index (χ4n) is 2.66. The quantitative estimate of drug-likeness (QED) is 0.297. The Morgan fingerprint density at radius 2 is 2.33 bits per heavy atom. The Hall–Kier alpha value is -0.870. The highest BCUT2D eigenvalue weighted by atomic mass is 127. The van der Waals surface area contributed by atoms with Crippen molar-refractivity contribution >= 4 is 29.9 Å².